The SMILES string of the molecule is CCC(C)(N)CN1CCC(N(C)C)C1. The highest BCUT2D eigenvalue weighted by Gasteiger charge is 2.28. The normalized spacial score (nSPS) is 28.3. The summed E-state index contributed by atoms with van der Waals surface area (Å²) in [4.78, 5) is 4.81. The molecule has 84 valence electrons. The molecule has 14 heavy (non-hydrogen) atoms. The van der Waals surface area contributed by atoms with Crippen LogP contribution in [0.2, 0.25) is 0 Å². The van der Waals surface area contributed by atoms with E-state index in [1.54, 1.807) is 0 Å². The predicted octanol–water partition coefficient (Wildman–Crippen LogP) is 0.750. The Morgan fingerprint density at radius 3 is 2.57 bits per heavy atom. The zero-order valence-electron chi connectivity index (χ0n) is 10.1. The van der Waals surface area contributed by atoms with Gasteiger partial charge >= 0.3 is 0 Å². The van der Waals surface area contributed by atoms with Gasteiger partial charge < -0.3 is 10.6 Å². The Balaban J connectivity index is 2.36. The van der Waals surface area contributed by atoms with Crippen molar-refractivity contribution in [2.75, 3.05) is 33.7 Å². The summed E-state index contributed by atoms with van der Waals surface area (Å²) >= 11 is 0. The molecule has 0 radical (unpaired) electrons. The first-order valence-corrected chi connectivity index (χ1v) is 5.62. The number of likely N-dealkylation sites (tertiary alicyclic amines) is 1. The molecule has 1 fully saturated rings. The van der Waals surface area contributed by atoms with E-state index in [-0.39, 0.29) is 5.54 Å². The van der Waals surface area contributed by atoms with Crippen LogP contribution in [0.25, 0.3) is 0 Å². The maximum atomic E-state index is 6.16. The molecule has 0 aromatic rings. The fourth-order valence-corrected chi connectivity index (χ4v) is 2.00. The van der Waals surface area contributed by atoms with Crippen LogP contribution >= 0.6 is 0 Å². The molecule has 0 spiro atoms. The van der Waals surface area contributed by atoms with E-state index < -0.39 is 0 Å². The second-order valence-corrected chi connectivity index (χ2v) is 5.15. The summed E-state index contributed by atoms with van der Waals surface area (Å²) < 4.78 is 0. The first-order valence-electron chi connectivity index (χ1n) is 5.62. The van der Waals surface area contributed by atoms with Crippen molar-refractivity contribution in [1.29, 1.82) is 0 Å². The average molecular weight is 199 g/mol. The summed E-state index contributed by atoms with van der Waals surface area (Å²) in [7, 11) is 4.32. The van der Waals surface area contributed by atoms with E-state index in [2.05, 4.69) is 37.7 Å². The molecule has 1 aliphatic rings. The Kier molecular flexibility index (Phi) is 3.93. The minimum Gasteiger partial charge on any atom is -0.324 e. The molecule has 0 amide bonds. The summed E-state index contributed by atoms with van der Waals surface area (Å²) in [5.74, 6) is 0. The number of likely N-dealkylation sites (N-methyl/N-ethyl adjacent to an activating group) is 1. The number of nitrogens with zero attached hydrogens (tertiary/aromatic N) is 2. The largest absolute Gasteiger partial charge is 0.324 e. The lowest BCUT2D eigenvalue weighted by Crippen LogP contribution is -2.47. The van der Waals surface area contributed by atoms with Gasteiger partial charge in [0.15, 0.2) is 0 Å². The molecule has 1 heterocycles. The highest BCUT2D eigenvalue weighted by Crippen LogP contribution is 2.16. The van der Waals surface area contributed by atoms with E-state index in [4.69, 9.17) is 5.73 Å². The van der Waals surface area contributed by atoms with Gasteiger partial charge in [0.05, 0.1) is 0 Å². The van der Waals surface area contributed by atoms with Gasteiger partial charge in [0.25, 0.3) is 0 Å². The zero-order valence-corrected chi connectivity index (χ0v) is 10.1. The molecule has 1 aliphatic heterocycles. The fourth-order valence-electron chi connectivity index (χ4n) is 2.00. The maximum absolute atomic E-state index is 6.16. The van der Waals surface area contributed by atoms with Crippen molar-refractivity contribution in [3.63, 3.8) is 0 Å². The summed E-state index contributed by atoms with van der Waals surface area (Å²) in [6, 6.07) is 0.725. The van der Waals surface area contributed by atoms with Crippen molar-refractivity contribution in [2.24, 2.45) is 5.73 Å². The van der Waals surface area contributed by atoms with E-state index in [9.17, 15) is 0 Å². The second kappa shape index (κ2) is 4.60. The van der Waals surface area contributed by atoms with Gasteiger partial charge in [-0.3, -0.25) is 4.90 Å². The zero-order chi connectivity index (χ0) is 10.8. The third-order valence-electron chi connectivity index (χ3n) is 3.37. The lowest BCUT2D eigenvalue weighted by Gasteiger charge is -2.29. The van der Waals surface area contributed by atoms with Gasteiger partial charge in [-0.15, -0.1) is 0 Å². The van der Waals surface area contributed by atoms with Crippen LogP contribution in [0.5, 0.6) is 0 Å². The van der Waals surface area contributed by atoms with Gasteiger partial charge in [0, 0.05) is 24.7 Å². The number of hydrogen-bond acceptors (Lipinski definition) is 3. The van der Waals surface area contributed by atoms with Crippen LogP contribution in [-0.2, 0) is 0 Å². The van der Waals surface area contributed by atoms with E-state index >= 15 is 0 Å². The molecule has 0 aromatic carbocycles. The molecule has 1 saturated heterocycles. The van der Waals surface area contributed by atoms with Crippen LogP contribution in [0.15, 0.2) is 0 Å². The second-order valence-electron chi connectivity index (χ2n) is 5.15. The highest BCUT2D eigenvalue weighted by molar-refractivity contribution is 4.87. The molecule has 0 saturated carbocycles. The Morgan fingerprint density at radius 1 is 1.50 bits per heavy atom. The Hall–Kier alpha value is -0.120. The van der Waals surface area contributed by atoms with Crippen LogP contribution in [0.1, 0.15) is 26.7 Å². The van der Waals surface area contributed by atoms with Crippen LogP contribution in [-0.4, -0.2) is 55.1 Å². The minimum atomic E-state index is -0.0127. The van der Waals surface area contributed by atoms with Crippen LogP contribution in [0.3, 0.4) is 0 Å². The third kappa shape index (κ3) is 3.23. The third-order valence-corrected chi connectivity index (χ3v) is 3.37. The monoisotopic (exact) mass is 199 g/mol. The standard InChI is InChI=1S/C11H25N3/c1-5-11(2,12)9-14-7-6-10(8-14)13(3)4/h10H,5-9,12H2,1-4H3. The summed E-state index contributed by atoms with van der Waals surface area (Å²) in [6.07, 6.45) is 2.34. The highest BCUT2D eigenvalue weighted by atomic mass is 15.2. The van der Waals surface area contributed by atoms with Crippen LogP contribution in [0, 0.1) is 0 Å². The maximum Gasteiger partial charge on any atom is 0.0252 e. The average Bonchev–Trinajstić information content (AvgIpc) is 2.52. The first kappa shape index (κ1) is 12.0. The molecule has 3 heteroatoms. The van der Waals surface area contributed by atoms with Crippen molar-refractivity contribution in [2.45, 2.75) is 38.3 Å². The van der Waals surface area contributed by atoms with Gasteiger partial charge in [-0.25, -0.2) is 0 Å². The quantitative estimate of drug-likeness (QED) is 0.725. The van der Waals surface area contributed by atoms with Crippen LogP contribution < -0.4 is 5.73 Å². The molecular weight excluding hydrogens is 174 g/mol. The molecule has 2 atom stereocenters. The molecule has 0 bridgehead atoms. The molecule has 0 aromatic heterocycles. The lowest BCUT2D eigenvalue weighted by atomic mass is 10.0. The molecule has 3 nitrogen and oxygen atoms in total. The summed E-state index contributed by atoms with van der Waals surface area (Å²) in [6.45, 7) is 7.73. The number of rotatable bonds is 4. The topological polar surface area (TPSA) is 32.5 Å². The van der Waals surface area contributed by atoms with E-state index in [1.165, 1.54) is 19.5 Å². The van der Waals surface area contributed by atoms with Gasteiger partial charge in [-0.1, -0.05) is 6.92 Å². The first-order chi connectivity index (χ1) is 6.44. The minimum absolute atomic E-state index is 0.0127. The Labute approximate surface area is 88.2 Å². The lowest BCUT2D eigenvalue weighted by molar-refractivity contribution is 0.227. The number of hydrogen-bond donors (Lipinski definition) is 1. The van der Waals surface area contributed by atoms with E-state index in [0.29, 0.717) is 0 Å². The number of nitrogens with two attached hydrogens (primary N) is 1. The Morgan fingerprint density at radius 2 is 2.14 bits per heavy atom. The van der Waals surface area contributed by atoms with Crippen LogP contribution in [0.4, 0.5) is 0 Å². The van der Waals surface area contributed by atoms with Gasteiger partial charge in [0.2, 0.25) is 0 Å². The smallest absolute Gasteiger partial charge is 0.0252 e. The van der Waals surface area contributed by atoms with Gasteiger partial charge in [-0.05, 0) is 40.4 Å². The molecule has 2 N–H and O–H groups in total. The van der Waals surface area contributed by atoms with E-state index in [1.807, 2.05) is 0 Å². The van der Waals surface area contributed by atoms with E-state index in [0.717, 1.165) is 19.0 Å². The Bertz CT molecular complexity index is 177. The predicted molar refractivity (Wildman–Crippen MR) is 61.4 cm³/mol. The summed E-state index contributed by atoms with van der Waals surface area (Å²) in [5.41, 5.74) is 6.15. The van der Waals surface area contributed by atoms with Crippen molar-refractivity contribution in [3.05, 3.63) is 0 Å². The van der Waals surface area contributed by atoms with Crippen molar-refractivity contribution in [3.8, 4) is 0 Å². The van der Waals surface area contributed by atoms with Gasteiger partial charge in [0.1, 0.15) is 0 Å². The van der Waals surface area contributed by atoms with Crippen molar-refractivity contribution >= 4 is 0 Å². The van der Waals surface area contributed by atoms with Gasteiger partial charge in [-0.2, -0.15) is 0 Å². The molecule has 0 aliphatic carbocycles. The molecular formula is C11H25N3. The van der Waals surface area contributed by atoms with Crippen molar-refractivity contribution in [1.82, 2.24) is 9.80 Å². The molecule has 2 unspecified atom stereocenters. The van der Waals surface area contributed by atoms with Crippen molar-refractivity contribution < 1.29 is 0 Å². The summed E-state index contributed by atoms with van der Waals surface area (Å²) in [5, 5.41) is 0. The molecule has 1 rings (SSSR count). The fraction of sp³-hybridized carbons (Fsp3) is 1.00.